The summed E-state index contributed by atoms with van der Waals surface area (Å²) in [5.74, 6) is 0. The van der Waals surface area contributed by atoms with Gasteiger partial charge < -0.3 is 0 Å². The van der Waals surface area contributed by atoms with E-state index >= 15 is 0 Å². The molecule has 0 nitrogen and oxygen atoms in total. The van der Waals surface area contributed by atoms with Gasteiger partial charge in [0.2, 0.25) is 0 Å². The molecule has 0 aliphatic rings. The topological polar surface area (TPSA) is 0 Å². The van der Waals surface area contributed by atoms with Gasteiger partial charge in [-0.2, -0.15) is 0 Å². The minimum Gasteiger partial charge on any atom is -0.0654 e. The molecule has 0 N–H and O–H groups in total. The molecule has 0 aliphatic heterocycles. The fraction of sp³-hybridized carbons (Fsp3) is 1.00. The molecule has 0 rings (SSSR count). The van der Waals surface area contributed by atoms with Crippen LogP contribution in [0, 0.1) is 0 Å². The fourth-order valence-corrected chi connectivity index (χ4v) is 14.7. The van der Waals surface area contributed by atoms with Crippen LogP contribution in [0.2, 0.25) is 0 Å². The smallest absolute Gasteiger partial charge is 0.0654 e. The standard InChI is InChI=1S/C51H107P/c1-5-9-13-17-20-23-26-29-32-35-38-41-45-49-52(48-44-16-12-8-4,50-46-42-39-36-33-30-27-24-21-18-14-10-6-2)51-47-43-40-37-34-31-28-25-22-19-15-11-7-3/h52H,5-51H2,1-4H3. The maximum absolute atomic E-state index is 2.40. The van der Waals surface area contributed by atoms with Gasteiger partial charge in [0.15, 0.2) is 0 Å². The van der Waals surface area contributed by atoms with E-state index in [1.807, 2.05) is 0 Å². The van der Waals surface area contributed by atoms with E-state index in [9.17, 15) is 0 Å². The Labute approximate surface area is 334 Å². The molecule has 0 atom stereocenters. The molecule has 0 amide bonds. The van der Waals surface area contributed by atoms with Crippen molar-refractivity contribution in [3.8, 4) is 0 Å². The van der Waals surface area contributed by atoms with Crippen LogP contribution in [0.15, 0.2) is 0 Å². The Bertz CT molecular complexity index is 538. The quantitative estimate of drug-likeness (QED) is 0.0429. The Kier molecular flexibility index (Phi) is 46.2. The van der Waals surface area contributed by atoms with Crippen LogP contribution in [-0.4, -0.2) is 24.6 Å². The summed E-state index contributed by atoms with van der Waals surface area (Å²) in [5, 5.41) is 0. The van der Waals surface area contributed by atoms with Gasteiger partial charge >= 0.3 is 276 Å². The van der Waals surface area contributed by atoms with Gasteiger partial charge in [0.05, 0.1) is 0 Å². The zero-order valence-corrected chi connectivity index (χ0v) is 38.7. The molecular weight excluding hydrogens is 644 g/mol. The average molecular weight is 751 g/mol. The van der Waals surface area contributed by atoms with E-state index in [4.69, 9.17) is 0 Å². The Balaban J connectivity index is 4.61. The van der Waals surface area contributed by atoms with Crippen molar-refractivity contribution in [2.45, 2.75) is 304 Å². The van der Waals surface area contributed by atoms with E-state index in [1.165, 1.54) is 250 Å². The van der Waals surface area contributed by atoms with Crippen molar-refractivity contribution in [2.75, 3.05) is 24.6 Å². The predicted octanol–water partition coefficient (Wildman–Crippen LogP) is 19.6. The third kappa shape index (κ3) is 40.1. The zero-order valence-electron chi connectivity index (χ0n) is 37.7. The summed E-state index contributed by atoms with van der Waals surface area (Å²) in [4.78, 5) is 0. The molecule has 316 valence electrons. The summed E-state index contributed by atoms with van der Waals surface area (Å²) in [6, 6.07) is 0. The monoisotopic (exact) mass is 751 g/mol. The molecule has 0 radical (unpaired) electrons. The molecule has 0 aromatic rings. The third-order valence-corrected chi connectivity index (χ3v) is 18.6. The molecule has 52 heavy (non-hydrogen) atoms. The molecule has 0 aromatic heterocycles. The van der Waals surface area contributed by atoms with E-state index < -0.39 is 7.26 Å². The van der Waals surface area contributed by atoms with Gasteiger partial charge in [0, 0.05) is 0 Å². The number of hydrogen-bond donors (Lipinski definition) is 0. The second kappa shape index (κ2) is 45.8. The van der Waals surface area contributed by atoms with Crippen molar-refractivity contribution in [2.24, 2.45) is 0 Å². The number of rotatable bonds is 47. The Morgan fingerprint density at radius 2 is 0.269 bits per heavy atom. The van der Waals surface area contributed by atoms with Crippen LogP contribution in [-0.2, 0) is 0 Å². The van der Waals surface area contributed by atoms with Gasteiger partial charge in [-0.05, 0) is 0 Å². The van der Waals surface area contributed by atoms with Gasteiger partial charge in [-0.1, -0.05) is 59.3 Å². The molecule has 0 aliphatic carbocycles. The minimum absolute atomic E-state index is 1.15. The normalized spacial score (nSPS) is 12.3. The minimum atomic E-state index is -1.15. The molecule has 0 unspecified atom stereocenters. The van der Waals surface area contributed by atoms with Crippen LogP contribution in [0.5, 0.6) is 0 Å². The fourth-order valence-electron chi connectivity index (χ4n) is 9.23. The summed E-state index contributed by atoms with van der Waals surface area (Å²) >= 11 is 0. The zero-order chi connectivity index (χ0) is 37.7. The van der Waals surface area contributed by atoms with E-state index in [-0.39, 0.29) is 0 Å². The predicted molar refractivity (Wildman–Crippen MR) is 249 cm³/mol. The van der Waals surface area contributed by atoms with Crippen molar-refractivity contribution in [3.05, 3.63) is 0 Å². The molecule has 0 saturated carbocycles. The van der Waals surface area contributed by atoms with Crippen molar-refractivity contribution in [3.63, 3.8) is 0 Å². The van der Waals surface area contributed by atoms with Gasteiger partial charge in [-0.25, -0.2) is 0 Å². The molecular formula is C51H107P. The Hall–Kier alpha value is 0.430. The van der Waals surface area contributed by atoms with Gasteiger partial charge in [-0.15, -0.1) is 0 Å². The van der Waals surface area contributed by atoms with E-state index in [1.54, 1.807) is 50.3 Å². The molecule has 0 heterocycles. The van der Waals surface area contributed by atoms with Crippen molar-refractivity contribution in [1.82, 2.24) is 0 Å². The average Bonchev–Trinajstić information content (AvgIpc) is 3.15. The van der Waals surface area contributed by atoms with Gasteiger partial charge in [0.25, 0.3) is 0 Å². The molecule has 1 heteroatoms. The number of unbranched alkanes of at least 4 members (excludes halogenated alkanes) is 39. The maximum atomic E-state index is 2.40. The Morgan fingerprint density at radius 1 is 0.154 bits per heavy atom. The second-order valence-corrected chi connectivity index (χ2v) is 23.3. The first-order valence-electron chi connectivity index (χ1n) is 25.7. The summed E-state index contributed by atoms with van der Waals surface area (Å²) in [7, 11) is -1.15. The first-order valence-corrected chi connectivity index (χ1v) is 28.6. The first kappa shape index (κ1) is 52.4. The second-order valence-electron chi connectivity index (χ2n) is 18.3. The van der Waals surface area contributed by atoms with Crippen LogP contribution >= 0.6 is 7.26 Å². The van der Waals surface area contributed by atoms with Crippen LogP contribution in [0.4, 0.5) is 0 Å². The van der Waals surface area contributed by atoms with Gasteiger partial charge in [-0.3, -0.25) is 0 Å². The molecule has 0 saturated heterocycles. The summed E-state index contributed by atoms with van der Waals surface area (Å²) in [6.45, 7) is 9.39. The van der Waals surface area contributed by atoms with Crippen LogP contribution in [0.1, 0.15) is 304 Å². The molecule has 0 aromatic carbocycles. The van der Waals surface area contributed by atoms with E-state index in [0.29, 0.717) is 0 Å². The van der Waals surface area contributed by atoms with Gasteiger partial charge in [0.1, 0.15) is 0 Å². The van der Waals surface area contributed by atoms with E-state index in [0.717, 1.165) is 0 Å². The van der Waals surface area contributed by atoms with Crippen LogP contribution in [0.3, 0.4) is 0 Å². The first-order chi connectivity index (χ1) is 25.7. The summed E-state index contributed by atoms with van der Waals surface area (Å²) in [5.41, 5.74) is 0. The number of hydrogen-bond acceptors (Lipinski definition) is 0. The molecule has 0 bridgehead atoms. The third-order valence-electron chi connectivity index (χ3n) is 13.0. The van der Waals surface area contributed by atoms with Crippen molar-refractivity contribution < 1.29 is 0 Å². The van der Waals surface area contributed by atoms with Crippen molar-refractivity contribution in [1.29, 1.82) is 0 Å². The SMILES string of the molecule is CCCCCCCCCCCCCCC[PH](CCCCCC)(CCCCCCCCCCCCCCC)CCCCCCCCCCCCCCC. The summed E-state index contributed by atoms with van der Waals surface area (Å²) in [6.07, 6.45) is 70.9. The van der Waals surface area contributed by atoms with Crippen LogP contribution in [0.25, 0.3) is 0 Å². The molecule has 0 fully saturated rings. The van der Waals surface area contributed by atoms with Crippen LogP contribution < -0.4 is 0 Å². The summed E-state index contributed by atoms with van der Waals surface area (Å²) < 4.78 is 0. The van der Waals surface area contributed by atoms with Crippen molar-refractivity contribution >= 4 is 7.26 Å². The van der Waals surface area contributed by atoms with E-state index in [2.05, 4.69) is 27.7 Å². The molecule has 0 spiro atoms. The Morgan fingerprint density at radius 3 is 0.423 bits per heavy atom.